The van der Waals surface area contributed by atoms with Crippen LogP contribution in [0.5, 0.6) is 0 Å². The van der Waals surface area contributed by atoms with Crippen molar-refractivity contribution in [2.24, 2.45) is 0 Å². The van der Waals surface area contributed by atoms with Gasteiger partial charge in [-0.2, -0.15) is 0 Å². The van der Waals surface area contributed by atoms with Crippen molar-refractivity contribution in [2.75, 3.05) is 17.6 Å². The highest BCUT2D eigenvalue weighted by atomic mass is 16.1. The van der Waals surface area contributed by atoms with Crippen LogP contribution in [0, 0.1) is 0 Å². The van der Waals surface area contributed by atoms with E-state index in [2.05, 4.69) is 20.3 Å². The van der Waals surface area contributed by atoms with Crippen molar-refractivity contribution in [3.63, 3.8) is 0 Å². The molecule has 0 radical (unpaired) electrons. The molecule has 1 aromatic carbocycles. The van der Waals surface area contributed by atoms with Gasteiger partial charge in [-0.1, -0.05) is 12.1 Å². The van der Waals surface area contributed by atoms with Crippen molar-refractivity contribution < 1.29 is 9.59 Å². The van der Waals surface area contributed by atoms with Crippen molar-refractivity contribution in [2.45, 2.75) is 12.3 Å². The Bertz CT molecular complexity index is 1020. The molecule has 3 aromatic rings. The standard InChI is InChI=1S/C20H17N5O2/c21-20-18(19(27)14-2-1-6-22-9-14)25-17(11-24-20)12-3-4-15-13(5-7-26)10-23-16(15)8-12/h1-4,6-9,11,13,23H,5,10H2,(H2,21,24). The molecule has 1 aliphatic rings. The predicted octanol–water partition coefficient (Wildman–Crippen LogP) is 2.45. The second-order valence-electron chi connectivity index (χ2n) is 6.34. The van der Waals surface area contributed by atoms with Gasteiger partial charge >= 0.3 is 0 Å². The fourth-order valence-corrected chi connectivity index (χ4v) is 3.23. The first-order valence-corrected chi connectivity index (χ1v) is 8.56. The zero-order chi connectivity index (χ0) is 18.8. The summed E-state index contributed by atoms with van der Waals surface area (Å²) >= 11 is 0. The minimum Gasteiger partial charge on any atom is -0.384 e. The van der Waals surface area contributed by atoms with E-state index in [0.717, 1.165) is 29.6 Å². The molecule has 0 saturated heterocycles. The first-order valence-electron chi connectivity index (χ1n) is 8.56. The summed E-state index contributed by atoms with van der Waals surface area (Å²) in [5, 5.41) is 3.31. The quantitative estimate of drug-likeness (QED) is 0.532. The van der Waals surface area contributed by atoms with Crippen LogP contribution in [-0.2, 0) is 4.79 Å². The van der Waals surface area contributed by atoms with Crippen LogP contribution >= 0.6 is 0 Å². The number of nitrogens with one attached hydrogen (secondary N) is 1. The Morgan fingerprint density at radius 2 is 2.19 bits per heavy atom. The lowest BCUT2D eigenvalue weighted by Crippen LogP contribution is -2.10. The second kappa shape index (κ2) is 6.95. The van der Waals surface area contributed by atoms with Crippen LogP contribution < -0.4 is 11.1 Å². The maximum absolute atomic E-state index is 12.7. The molecule has 7 heteroatoms. The van der Waals surface area contributed by atoms with E-state index < -0.39 is 0 Å². The zero-order valence-electron chi connectivity index (χ0n) is 14.4. The number of nitrogen functional groups attached to an aromatic ring is 1. The van der Waals surface area contributed by atoms with Crippen LogP contribution in [0.3, 0.4) is 0 Å². The van der Waals surface area contributed by atoms with E-state index in [9.17, 15) is 9.59 Å². The van der Waals surface area contributed by atoms with Crippen LogP contribution in [0.4, 0.5) is 11.5 Å². The maximum atomic E-state index is 12.7. The average molecular weight is 359 g/mol. The van der Waals surface area contributed by atoms with Crippen molar-refractivity contribution in [3.8, 4) is 11.3 Å². The number of benzene rings is 1. The van der Waals surface area contributed by atoms with Crippen molar-refractivity contribution >= 4 is 23.6 Å². The Morgan fingerprint density at radius 3 is 2.96 bits per heavy atom. The van der Waals surface area contributed by atoms with Gasteiger partial charge < -0.3 is 15.8 Å². The molecule has 0 fully saturated rings. The van der Waals surface area contributed by atoms with E-state index in [4.69, 9.17) is 5.73 Å². The summed E-state index contributed by atoms with van der Waals surface area (Å²) in [6.45, 7) is 0.732. The second-order valence-corrected chi connectivity index (χ2v) is 6.34. The Hall–Kier alpha value is -3.61. The van der Waals surface area contributed by atoms with E-state index in [-0.39, 0.29) is 23.2 Å². The summed E-state index contributed by atoms with van der Waals surface area (Å²) in [7, 11) is 0. The number of ketones is 1. The molecular formula is C20H17N5O2. The molecule has 1 atom stereocenters. The Morgan fingerprint density at radius 1 is 1.30 bits per heavy atom. The third-order valence-electron chi connectivity index (χ3n) is 4.65. The minimum absolute atomic E-state index is 0.0814. The normalized spacial score (nSPS) is 15.0. The summed E-state index contributed by atoms with van der Waals surface area (Å²) in [6, 6.07) is 9.21. The first kappa shape index (κ1) is 16.8. The summed E-state index contributed by atoms with van der Waals surface area (Å²) in [5.74, 6) is -0.0509. The molecule has 3 heterocycles. The lowest BCUT2D eigenvalue weighted by molar-refractivity contribution is -0.108. The van der Waals surface area contributed by atoms with Crippen molar-refractivity contribution in [3.05, 3.63) is 65.7 Å². The molecule has 4 rings (SSSR count). The fraction of sp³-hybridized carbons (Fsp3) is 0.150. The van der Waals surface area contributed by atoms with Gasteiger partial charge in [-0.3, -0.25) is 9.78 Å². The number of nitrogens with two attached hydrogens (primary N) is 1. The smallest absolute Gasteiger partial charge is 0.216 e. The van der Waals surface area contributed by atoms with Crippen LogP contribution in [0.15, 0.2) is 48.9 Å². The fourth-order valence-electron chi connectivity index (χ4n) is 3.23. The number of rotatable bonds is 5. The van der Waals surface area contributed by atoms with Gasteiger partial charge in [0.25, 0.3) is 0 Å². The summed E-state index contributed by atoms with van der Waals surface area (Å²) in [6.07, 6.45) is 6.05. The number of aldehydes is 1. The maximum Gasteiger partial charge on any atom is 0.216 e. The number of fused-ring (bicyclic) bond motifs is 1. The summed E-state index contributed by atoms with van der Waals surface area (Å²) in [5.41, 5.74) is 9.86. The van der Waals surface area contributed by atoms with Gasteiger partial charge in [-0.25, -0.2) is 9.97 Å². The summed E-state index contributed by atoms with van der Waals surface area (Å²) < 4.78 is 0. The Labute approximate surface area is 155 Å². The largest absolute Gasteiger partial charge is 0.384 e. The molecule has 1 aliphatic heterocycles. The molecule has 1 unspecified atom stereocenters. The molecule has 2 aromatic heterocycles. The van der Waals surface area contributed by atoms with Crippen LogP contribution in [-0.4, -0.2) is 33.6 Å². The monoisotopic (exact) mass is 359 g/mol. The van der Waals surface area contributed by atoms with Crippen LogP contribution in [0.2, 0.25) is 0 Å². The number of nitrogens with zero attached hydrogens (tertiary/aromatic N) is 3. The number of pyridine rings is 1. The average Bonchev–Trinajstić information content (AvgIpc) is 3.11. The molecule has 0 amide bonds. The molecule has 0 bridgehead atoms. The third kappa shape index (κ3) is 3.15. The van der Waals surface area contributed by atoms with Crippen molar-refractivity contribution in [1.82, 2.24) is 15.0 Å². The topological polar surface area (TPSA) is 111 Å². The van der Waals surface area contributed by atoms with E-state index in [1.807, 2.05) is 18.2 Å². The van der Waals surface area contributed by atoms with Gasteiger partial charge in [0, 0.05) is 48.1 Å². The molecule has 134 valence electrons. The minimum atomic E-state index is -0.319. The molecule has 3 N–H and O–H groups in total. The van der Waals surface area contributed by atoms with E-state index >= 15 is 0 Å². The van der Waals surface area contributed by atoms with Gasteiger partial charge in [0.05, 0.1) is 11.9 Å². The van der Waals surface area contributed by atoms with Crippen LogP contribution in [0.1, 0.15) is 34.0 Å². The molecule has 0 spiro atoms. The highest BCUT2D eigenvalue weighted by molar-refractivity contribution is 6.10. The molecule has 0 saturated carbocycles. The van der Waals surface area contributed by atoms with Crippen LogP contribution in [0.25, 0.3) is 11.3 Å². The van der Waals surface area contributed by atoms with E-state index in [0.29, 0.717) is 17.7 Å². The number of carbonyl (C=O) groups excluding carboxylic acids is 2. The number of aromatic nitrogens is 3. The Kier molecular flexibility index (Phi) is 4.33. The van der Waals surface area contributed by atoms with Crippen molar-refractivity contribution in [1.29, 1.82) is 0 Å². The Balaban J connectivity index is 1.70. The molecule has 27 heavy (non-hydrogen) atoms. The number of hydrogen-bond acceptors (Lipinski definition) is 7. The van der Waals surface area contributed by atoms with Gasteiger partial charge in [0.15, 0.2) is 11.5 Å². The highest BCUT2D eigenvalue weighted by Crippen LogP contribution is 2.36. The molecular weight excluding hydrogens is 342 g/mol. The molecule has 0 aliphatic carbocycles. The van der Waals surface area contributed by atoms with Gasteiger partial charge in [-0.15, -0.1) is 0 Å². The lowest BCUT2D eigenvalue weighted by atomic mass is 9.97. The van der Waals surface area contributed by atoms with E-state index in [1.165, 1.54) is 6.20 Å². The number of anilines is 2. The number of hydrogen-bond donors (Lipinski definition) is 2. The molecule has 7 nitrogen and oxygen atoms in total. The number of carbonyl (C=O) groups is 2. The van der Waals surface area contributed by atoms with Gasteiger partial charge in [-0.05, 0) is 23.8 Å². The summed E-state index contributed by atoms with van der Waals surface area (Å²) in [4.78, 5) is 36.1. The lowest BCUT2D eigenvalue weighted by Gasteiger charge is -2.09. The zero-order valence-corrected chi connectivity index (χ0v) is 14.4. The predicted molar refractivity (Wildman–Crippen MR) is 101 cm³/mol. The third-order valence-corrected chi connectivity index (χ3v) is 4.65. The van der Waals surface area contributed by atoms with E-state index in [1.54, 1.807) is 24.5 Å². The first-order chi connectivity index (χ1) is 13.2. The van der Waals surface area contributed by atoms with Gasteiger partial charge in [0.1, 0.15) is 6.29 Å². The van der Waals surface area contributed by atoms with Gasteiger partial charge in [0.2, 0.25) is 5.78 Å². The SMILES string of the molecule is Nc1ncc(-c2ccc3c(c2)NCC3CC=O)nc1C(=O)c1cccnc1. The highest BCUT2D eigenvalue weighted by Gasteiger charge is 2.23.